The van der Waals surface area contributed by atoms with Crippen LogP contribution in [0.3, 0.4) is 0 Å². The molecule has 1 amide bonds. The summed E-state index contributed by atoms with van der Waals surface area (Å²) in [5, 5.41) is 10.7. The molecule has 4 rings (SSSR count). The predicted octanol–water partition coefficient (Wildman–Crippen LogP) is 0.699. The van der Waals surface area contributed by atoms with Gasteiger partial charge in [-0.25, -0.2) is 0 Å². The second-order valence-electron chi connectivity index (χ2n) is 6.14. The summed E-state index contributed by atoms with van der Waals surface area (Å²) in [4.78, 5) is 26.8. The van der Waals surface area contributed by atoms with Gasteiger partial charge in [0, 0.05) is 31.9 Å². The van der Waals surface area contributed by atoms with E-state index in [0.29, 0.717) is 25.6 Å². The fraction of sp³-hybridized carbons (Fsp3) is 0.412. The minimum Gasteiger partial charge on any atom is -0.376 e. The largest absolute Gasteiger partial charge is 0.376 e. The standard InChI is InChI=1S/C17H19N5O3/c23-15(18-11-13-7-4-10-25-13)14-16(24)22-9-8-21(17(22)20-19-14)12-5-2-1-3-6-12/h1-3,5-6,13H,4,7-11H2,(H,18,23)/t13-/m1/s1. The Hall–Kier alpha value is -2.74. The third-order valence-corrected chi connectivity index (χ3v) is 4.51. The molecule has 8 heteroatoms. The van der Waals surface area contributed by atoms with Crippen LogP contribution in [0, 0.1) is 0 Å². The number of amides is 1. The van der Waals surface area contributed by atoms with E-state index in [9.17, 15) is 9.59 Å². The number of nitrogens with one attached hydrogen (secondary N) is 1. The van der Waals surface area contributed by atoms with E-state index < -0.39 is 11.5 Å². The second kappa shape index (κ2) is 6.64. The Labute approximate surface area is 144 Å². The molecule has 0 saturated carbocycles. The summed E-state index contributed by atoms with van der Waals surface area (Å²) in [7, 11) is 0. The Morgan fingerprint density at radius 2 is 2.08 bits per heavy atom. The van der Waals surface area contributed by atoms with Crippen molar-refractivity contribution in [2.45, 2.75) is 25.5 Å². The Balaban J connectivity index is 1.54. The number of carbonyl (C=O) groups is 1. The lowest BCUT2D eigenvalue weighted by Gasteiger charge is -2.16. The van der Waals surface area contributed by atoms with Crippen molar-refractivity contribution in [1.29, 1.82) is 0 Å². The van der Waals surface area contributed by atoms with E-state index in [1.807, 2.05) is 35.2 Å². The summed E-state index contributed by atoms with van der Waals surface area (Å²) in [6.45, 7) is 2.20. The average molecular weight is 341 g/mol. The van der Waals surface area contributed by atoms with E-state index in [1.165, 1.54) is 4.57 Å². The topological polar surface area (TPSA) is 89.3 Å². The zero-order valence-electron chi connectivity index (χ0n) is 13.7. The van der Waals surface area contributed by atoms with E-state index in [1.54, 1.807) is 0 Å². The number of ether oxygens (including phenoxy) is 1. The number of rotatable bonds is 4. The molecule has 130 valence electrons. The molecule has 1 aromatic heterocycles. The lowest BCUT2D eigenvalue weighted by molar-refractivity contribution is 0.0851. The van der Waals surface area contributed by atoms with Gasteiger partial charge in [-0.15, -0.1) is 10.2 Å². The van der Waals surface area contributed by atoms with Gasteiger partial charge in [0.25, 0.3) is 11.5 Å². The van der Waals surface area contributed by atoms with E-state index in [0.717, 1.165) is 25.1 Å². The Kier molecular flexibility index (Phi) is 4.19. The van der Waals surface area contributed by atoms with Gasteiger partial charge in [0.1, 0.15) is 0 Å². The van der Waals surface area contributed by atoms with Crippen LogP contribution in [0.5, 0.6) is 0 Å². The van der Waals surface area contributed by atoms with Crippen LogP contribution in [0.1, 0.15) is 23.3 Å². The van der Waals surface area contributed by atoms with Gasteiger partial charge in [-0.2, -0.15) is 0 Å². The zero-order valence-corrected chi connectivity index (χ0v) is 13.7. The molecule has 0 aliphatic carbocycles. The molecule has 3 heterocycles. The van der Waals surface area contributed by atoms with Gasteiger partial charge in [-0.1, -0.05) is 18.2 Å². The molecule has 1 N–H and O–H groups in total. The molecule has 2 aliphatic heterocycles. The maximum Gasteiger partial charge on any atom is 0.286 e. The van der Waals surface area contributed by atoms with Crippen LogP contribution in [-0.4, -0.2) is 46.5 Å². The summed E-state index contributed by atoms with van der Waals surface area (Å²) in [5.41, 5.74) is 0.364. The van der Waals surface area contributed by atoms with Crippen LogP contribution in [0.15, 0.2) is 35.1 Å². The molecule has 1 saturated heterocycles. The number of fused-ring (bicyclic) bond motifs is 1. The van der Waals surface area contributed by atoms with Crippen molar-refractivity contribution in [1.82, 2.24) is 20.1 Å². The number of hydrogen-bond donors (Lipinski definition) is 1. The average Bonchev–Trinajstić information content (AvgIpc) is 3.31. The summed E-state index contributed by atoms with van der Waals surface area (Å²) in [5.74, 6) is -0.0339. The third-order valence-electron chi connectivity index (χ3n) is 4.51. The highest BCUT2D eigenvalue weighted by Crippen LogP contribution is 2.25. The predicted molar refractivity (Wildman–Crippen MR) is 91.0 cm³/mol. The van der Waals surface area contributed by atoms with E-state index in [2.05, 4.69) is 15.5 Å². The first-order valence-corrected chi connectivity index (χ1v) is 8.44. The van der Waals surface area contributed by atoms with Gasteiger partial charge in [0.05, 0.1) is 6.10 Å². The van der Waals surface area contributed by atoms with Crippen molar-refractivity contribution < 1.29 is 9.53 Å². The van der Waals surface area contributed by atoms with Crippen molar-refractivity contribution in [3.63, 3.8) is 0 Å². The number of benzene rings is 1. The first-order valence-electron chi connectivity index (χ1n) is 8.44. The normalized spacial score (nSPS) is 19.0. The number of carbonyl (C=O) groups excluding carboxylic acids is 1. The van der Waals surface area contributed by atoms with Crippen molar-refractivity contribution in [2.75, 3.05) is 24.6 Å². The van der Waals surface area contributed by atoms with Crippen LogP contribution in [-0.2, 0) is 11.3 Å². The molecule has 0 radical (unpaired) electrons. The molecular formula is C17H19N5O3. The van der Waals surface area contributed by atoms with Crippen LogP contribution >= 0.6 is 0 Å². The monoisotopic (exact) mass is 341 g/mol. The highest BCUT2D eigenvalue weighted by Gasteiger charge is 2.27. The van der Waals surface area contributed by atoms with Gasteiger partial charge in [-0.3, -0.25) is 14.2 Å². The summed E-state index contributed by atoms with van der Waals surface area (Å²) < 4.78 is 6.97. The molecule has 1 atom stereocenters. The fourth-order valence-electron chi connectivity index (χ4n) is 3.20. The third kappa shape index (κ3) is 3.00. The lowest BCUT2D eigenvalue weighted by Crippen LogP contribution is -2.38. The molecule has 25 heavy (non-hydrogen) atoms. The van der Waals surface area contributed by atoms with Gasteiger partial charge < -0.3 is 15.0 Å². The molecule has 0 bridgehead atoms. The van der Waals surface area contributed by atoms with Crippen LogP contribution in [0.4, 0.5) is 11.6 Å². The van der Waals surface area contributed by atoms with Crippen LogP contribution in [0.2, 0.25) is 0 Å². The van der Waals surface area contributed by atoms with Crippen molar-refractivity contribution in [3.8, 4) is 0 Å². The van der Waals surface area contributed by atoms with Crippen LogP contribution in [0.25, 0.3) is 0 Å². The molecule has 1 fully saturated rings. The highest BCUT2D eigenvalue weighted by molar-refractivity contribution is 5.91. The summed E-state index contributed by atoms with van der Waals surface area (Å²) in [6, 6.07) is 9.68. The van der Waals surface area contributed by atoms with Gasteiger partial charge in [0.15, 0.2) is 0 Å². The summed E-state index contributed by atoms with van der Waals surface area (Å²) >= 11 is 0. The van der Waals surface area contributed by atoms with Crippen molar-refractivity contribution in [2.24, 2.45) is 0 Å². The number of nitrogens with zero attached hydrogens (tertiary/aromatic N) is 4. The second-order valence-corrected chi connectivity index (χ2v) is 6.14. The molecule has 1 aromatic carbocycles. The Morgan fingerprint density at radius 1 is 1.24 bits per heavy atom. The molecule has 2 aliphatic rings. The van der Waals surface area contributed by atoms with Gasteiger partial charge in [0.2, 0.25) is 11.6 Å². The Morgan fingerprint density at radius 3 is 2.84 bits per heavy atom. The van der Waals surface area contributed by atoms with E-state index >= 15 is 0 Å². The number of hydrogen-bond acceptors (Lipinski definition) is 6. The van der Waals surface area contributed by atoms with E-state index in [4.69, 9.17) is 4.74 Å². The zero-order chi connectivity index (χ0) is 17.2. The quantitative estimate of drug-likeness (QED) is 0.880. The molecule has 0 spiro atoms. The number of para-hydroxylation sites is 1. The smallest absolute Gasteiger partial charge is 0.286 e. The number of aromatic nitrogens is 3. The van der Waals surface area contributed by atoms with Gasteiger partial charge >= 0.3 is 0 Å². The molecule has 8 nitrogen and oxygen atoms in total. The van der Waals surface area contributed by atoms with Crippen LogP contribution < -0.4 is 15.8 Å². The summed E-state index contributed by atoms with van der Waals surface area (Å²) in [6.07, 6.45) is 1.93. The fourth-order valence-corrected chi connectivity index (χ4v) is 3.20. The van der Waals surface area contributed by atoms with Crippen molar-refractivity contribution in [3.05, 3.63) is 46.4 Å². The molecular weight excluding hydrogens is 322 g/mol. The van der Waals surface area contributed by atoms with E-state index in [-0.39, 0.29) is 11.8 Å². The first kappa shape index (κ1) is 15.8. The minimum atomic E-state index is -0.499. The van der Waals surface area contributed by atoms with Crippen molar-refractivity contribution >= 4 is 17.5 Å². The molecule has 0 unspecified atom stereocenters. The molecule has 2 aromatic rings. The van der Waals surface area contributed by atoms with Gasteiger partial charge in [-0.05, 0) is 25.0 Å². The SMILES string of the molecule is O=C(NC[C@H]1CCCO1)c1nnc2n(c1=O)CCN2c1ccccc1. The number of anilines is 2. The maximum atomic E-state index is 12.6. The minimum absolute atomic E-state index is 0.0164. The highest BCUT2D eigenvalue weighted by atomic mass is 16.5. The lowest BCUT2D eigenvalue weighted by atomic mass is 10.2. The maximum absolute atomic E-state index is 12.6. The Bertz CT molecular complexity index is 830. The first-order chi connectivity index (χ1) is 12.2.